The number of aliphatic hydroxyl groups is 1. The Morgan fingerprint density at radius 1 is 1.18 bits per heavy atom. The van der Waals surface area contributed by atoms with Gasteiger partial charge < -0.3 is 10.4 Å². The quantitative estimate of drug-likeness (QED) is 0.434. The van der Waals surface area contributed by atoms with Crippen LogP contribution in [0.1, 0.15) is 24.5 Å². The number of hydrogen-bond donors (Lipinski definition) is 2. The van der Waals surface area contributed by atoms with Gasteiger partial charge in [-0.15, -0.1) is 0 Å². The lowest BCUT2D eigenvalue weighted by Gasteiger charge is -2.22. The van der Waals surface area contributed by atoms with E-state index >= 15 is 0 Å². The molecular weight excluding hydrogens is 384 g/mol. The summed E-state index contributed by atoms with van der Waals surface area (Å²) >= 11 is 0. The van der Waals surface area contributed by atoms with E-state index in [2.05, 4.69) is 5.32 Å². The summed E-state index contributed by atoms with van der Waals surface area (Å²) in [7, 11) is 0. The van der Waals surface area contributed by atoms with E-state index in [1.54, 1.807) is 0 Å². The Kier molecular flexibility index (Phi) is 6.03. The molecule has 1 atom stereocenters. The number of carbonyl (C=O) groups is 1. The van der Waals surface area contributed by atoms with Gasteiger partial charge in [0.05, 0.1) is 4.92 Å². The maximum Gasteiger partial charge on any atom is 0.423 e. The second-order valence-electron chi connectivity index (χ2n) is 6.34. The van der Waals surface area contributed by atoms with Crippen LogP contribution < -0.4 is 5.32 Å². The first-order chi connectivity index (χ1) is 12.9. The van der Waals surface area contributed by atoms with Gasteiger partial charge in [-0.1, -0.05) is 12.1 Å². The van der Waals surface area contributed by atoms with Gasteiger partial charge in [-0.05, 0) is 49.6 Å². The second-order valence-corrected chi connectivity index (χ2v) is 6.34. The summed E-state index contributed by atoms with van der Waals surface area (Å²) in [4.78, 5) is 21.8. The van der Waals surface area contributed by atoms with Crippen molar-refractivity contribution < 1.29 is 32.4 Å². The van der Waals surface area contributed by atoms with E-state index in [1.165, 1.54) is 31.2 Å². The van der Waals surface area contributed by atoms with Crippen molar-refractivity contribution in [3.05, 3.63) is 69.5 Å². The Balaban J connectivity index is 2.14. The first-order valence-electron chi connectivity index (χ1n) is 8.04. The number of rotatable bonds is 6. The van der Waals surface area contributed by atoms with E-state index in [0.717, 1.165) is 6.07 Å². The standard InChI is InChI=1S/C18H16F4N2O4/c1-17(26,9-8-11-2-4-12(19)5-3-11)16(25)23-13-6-7-15(24(27)28)14(10-13)18(20,21)22/h2-7,10,26H,8-9H2,1H3,(H,23,25). The average Bonchev–Trinajstić information content (AvgIpc) is 2.60. The van der Waals surface area contributed by atoms with E-state index < -0.39 is 39.7 Å². The fourth-order valence-electron chi connectivity index (χ4n) is 2.42. The van der Waals surface area contributed by atoms with E-state index in [4.69, 9.17) is 0 Å². The van der Waals surface area contributed by atoms with Crippen LogP contribution >= 0.6 is 0 Å². The van der Waals surface area contributed by atoms with E-state index in [-0.39, 0.29) is 18.5 Å². The molecule has 0 saturated carbocycles. The SMILES string of the molecule is CC(O)(CCc1ccc(F)cc1)C(=O)Nc1ccc([N+](=O)[O-])c(C(F)(F)F)c1. The normalized spacial score (nSPS) is 13.6. The molecule has 0 aliphatic carbocycles. The topological polar surface area (TPSA) is 92.5 Å². The van der Waals surface area contributed by atoms with Gasteiger partial charge in [-0.3, -0.25) is 14.9 Å². The molecule has 2 aromatic rings. The molecule has 0 bridgehead atoms. The smallest absolute Gasteiger partial charge is 0.380 e. The van der Waals surface area contributed by atoms with Crippen molar-refractivity contribution in [2.75, 3.05) is 5.32 Å². The minimum atomic E-state index is -4.99. The lowest BCUT2D eigenvalue weighted by atomic mass is 9.95. The lowest BCUT2D eigenvalue weighted by molar-refractivity contribution is -0.388. The van der Waals surface area contributed by atoms with Crippen LogP contribution in [0.3, 0.4) is 0 Å². The Labute approximate surface area is 156 Å². The van der Waals surface area contributed by atoms with Gasteiger partial charge in [0.25, 0.3) is 11.6 Å². The maximum absolute atomic E-state index is 13.0. The molecule has 1 unspecified atom stereocenters. The maximum atomic E-state index is 13.0. The van der Waals surface area contributed by atoms with Gasteiger partial charge in [0, 0.05) is 11.8 Å². The van der Waals surface area contributed by atoms with Crippen LogP contribution in [0.15, 0.2) is 42.5 Å². The van der Waals surface area contributed by atoms with Crippen LogP contribution in [0.4, 0.5) is 28.9 Å². The molecule has 2 N–H and O–H groups in total. The molecule has 1 amide bonds. The summed E-state index contributed by atoms with van der Waals surface area (Å²) < 4.78 is 51.9. The molecule has 0 heterocycles. The van der Waals surface area contributed by atoms with Gasteiger partial charge in [-0.25, -0.2) is 4.39 Å². The zero-order valence-corrected chi connectivity index (χ0v) is 14.6. The third-order valence-electron chi connectivity index (χ3n) is 4.06. The molecular formula is C18H16F4N2O4. The second kappa shape index (κ2) is 7.93. The third kappa shape index (κ3) is 5.26. The number of hydrogen-bond acceptors (Lipinski definition) is 4. The van der Waals surface area contributed by atoms with Crippen LogP contribution in [-0.2, 0) is 17.4 Å². The highest BCUT2D eigenvalue weighted by Gasteiger charge is 2.39. The molecule has 0 spiro atoms. The van der Waals surface area contributed by atoms with Gasteiger partial charge >= 0.3 is 6.18 Å². The molecule has 28 heavy (non-hydrogen) atoms. The summed E-state index contributed by atoms with van der Waals surface area (Å²) in [6, 6.07) is 7.42. The summed E-state index contributed by atoms with van der Waals surface area (Å²) in [6.07, 6.45) is -4.85. The first kappa shape index (κ1) is 21.3. The average molecular weight is 400 g/mol. The highest BCUT2D eigenvalue weighted by atomic mass is 19.4. The van der Waals surface area contributed by atoms with Gasteiger partial charge in [0.1, 0.15) is 17.0 Å². The molecule has 0 saturated heterocycles. The molecule has 0 fully saturated rings. The largest absolute Gasteiger partial charge is 0.423 e. The van der Waals surface area contributed by atoms with E-state index in [0.29, 0.717) is 17.7 Å². The van der Waals surface area contributed by atoms with Crippen molar-refractivity contribution in [3.8, 4) is 0 Å². The van der Waals surface area contributed by atoms with Crippen molar-refractivity contribution in [3.63, 3.8) is 0 Å². The van der Waals surface area contributed by atoms with Crippen LogP contribution in [-0.4, -0.2) is 21.5 Å². The number of halogens is 4. The number of nitrogens with one attached hydrogen (secondary N) is 1. The predicted octanol–water partition coefficient (Wildman–Crippen LogP) is 4.08. The number of benzene rings is 2. The minimum absolute atomic E-state index is 0.0798. The molecule has 10 heteroatoms. The van der Waals surface area contributed by atoms with E-state index in [9.17, 15) is 37.6 Å². The zero-order chi connectivity index (χ0) is 21.1. The molecule has 150 valence electrons. The highest BCUT2D eigenvalue weighted by Crippen LogP contribution is 2.37. The van der Waals surface area contributed by atoms with E-state index in [1.807, 2.05) is 0 Å². The summed E-state index contributed by atoms with van der Waals surface area (Å²) in [6.45, 7) is 1.18. The molecule has 6 nitrogen and oxygen atoms in total. The van der Waals surface area contributed by atoms with Crippen LogP contribution in [0.25, 0.3) is 0 Å². The number of nitro groups is 1. The number of nitrogens with zero attached hydrogens (tertiary/aromatic N) is 1. The Bertz CT molecular complexity index is 880. The number of amides is 1. The zero-order valence-electron chi connectivity index (χ0n) is 14.6. The Hall–Kier alpha value is -3.01. The number of carbonyl (C=O) groups excluding carboxylic acids is 1. The molecule has 0 radical (unpaired) electrons. The van der Waals surface area contributed by atoms with Crippen molar-refractivity contribution in [1.82, 2.24) is 0 Å². The minimum Gasteiger partial charge on any atom is -0.380 e. The number of alkyl halides is 3. The van der Waals surface area contributed by atoms with Crippen molar-refractivity contribution in [2.24, 2.45) is 0 Å². The molecule has 2 rings (SSSR count). The fourth-order valence-corrected chi connectivity index (χ4v) is 2.42. The number of aryl methyl sites for hydroxylation is 1. The summed E-state index contributed by atoms with van der Waals surface area (Å²) in [5.41, 5.74) is -4.28. The van der Waals surface area contributed by atoms with Crippen LogP contribution in [0, 0.1) is 15.9 Å². The number of anilines is 1. The number of nitro benzene ring substituents is 1. The Morgan fingerprint density at radius 2 is 1.79 bits per heavy atom. The molecule has 0 aliphatic heterocycles. The van der Waals surface area contributed by atoms with Gasteiger partial charge in [0.15, 0.2) is 0 Å². The van der Waals surface area contributed by atoms with Crippen molar-refractivity contribution in [2.45, 2.75) is 31.5 Å². The highest BCUT2D eigenvalue weighted by molar-refractivity contribution is 5.97. The van der Waals surface area contributed by atoms with Gasteiger partial charge in [-0.2, -0.15) is 13.2 Å². The first-order valence-corrected chi connectivity index (χ1v) is 8.04. The summed E-state index contributed by atoms with van der Waals surface area (Å²) in [5, 5.41) is 23.2. The predicted molar refractivity (Wildman–Crippen MR) is 92.1 cm³/mol. The van der Waals surface area contributed by atoms with Crippen LogP contribution in [0.2, 0.25) is 0 Å². The van der Waals surface area contributed by atoms with Crippen LogP contribution in [0.5, 0.6) is 0 Å². The third-order valence-corrected chi connectivity index (χ3v) is 4.06. The summed E-state index contributed by atoms with van der Waals surface area (Å²) in [5.74, 6) is -1.41. The monoisotopic (exact) mass is 400 g/mol. The van der Waals surface area contributed by atoms with Gasteiger partial charge in [0.2, 0.25) is 0 Å². The lowest BCUT2D eigenvalue weighted by Crippen LogP contribution is -2.40. The molecule has 0 aromatic heterocycles. The molecule has 0 aliphatic rings. The Morgan fingerprint density at radius 3 is 2.32 bits per heavy atom. The van der Waals surface area contributed by atoms with Crippen molar-refractivity contribution in [1.29, 1.82) is 0 Å². The molecule has 2 aromatic carbocycles. The fraction of sp³-hybridized carbons (Fsp3) is 0.278. The van der Waals surface area contributed by atoms with Crippen molar-refractivity contribution >= 4 is 17.3 Å².